The van der Waals surface area contributed by atoms with Crippen molar-refractivity contribution in [1.29, 1.82) is 0 Å². The average Bonchev–Trinajstić information content (AvgIpc) is 2.88. The highest BCUT2D eigenvalue weighted by molar-refractivity contribution is 7.91. The van der Waals surface area contributed by atoms with Crippen LogP contribution in [-0.4, -0.2) is 43.9 Å². The lowest BCUT2D eigenvalue weighted by Crippen LogP contribution is -2.33. The zero-order chi connectivity index (χ0) is 16.0. The van der Waals surface area contributed by atoms with Crippen molar-refractivity contribution in [3.8, 4) is 0 Å². The normalized spacial score (nSPS) is 11.8. The monoisotopic (exact) mass is 338 g/mol. The van der Waals surface area contributed by atoms with Crippen LogP contribution in [0.25, 0.3) is 0 Å². The summed E-state index contributed by atoms with van der Waals surface area (Å²) >= 11 is 0.729. The third-order valence-electron chi connectivity index (χ3n) is 2.65. The van der Waals surface area contributed by atoms with Crippen LogP contribution in [-0.2, 0) is 14.8 Å². The van der Waals surface area contributed by atoms with Crippen molar-refractivity contribution in [2.45, 2.75) is 18.1 Å². The largest absolute Gasteiger partial charge is 0.380 e. The summed E-state index contributed by atoms with van der Waals surface area (Å²) in [7, 11) is -3.81. The van der Waals surface area contributed by atoms with Crippen molar-refractivity contribution in [2.75, 3.05) is 31.7 Å². The highest BCUT2D eigenvalue weighted by atomic mass is 32.2. The maximum atomic E-state index is 12.5. The Morgan fingerprint density at radius 2 is 2.19 bits per heavy atom. The van der Waals surface area contributed by atoms with Gasteiger partial charge in [0.1, 0.15) is 4.21 Å². The van der Waals surface area contributed by atoms with E-state index in [0.717, 1.165) is 17.4 Å². The van der Waals surface area contributed by atoms with Gasteiger partial charge in [-0.15, -0.1) is 0 Å². The Labute approximate surface area is 126 Å². The van der Waals surface area contributed by atoms with E-state index in [2.05, 4.69) is 5.43 Å². The van der Waals surface area contributed by atoms with Crippen molar-refractivity contribution in [2.24, 2.45) is 5.84 Å². The minimum absolute atomic E-state index is 0.000522. The topological polar surface area (TPSA) is 128 Å². The summed E-state index contributed by atoms with van der Waals surface area (Å²) in [6.45, 7) is 4.68. The minimum atomic E-state index is -3.81. The average molecular weight is 338 g/mol. The lowest BCUT2D eigenvalue weighted by Gasteiger charge is -2.18. The number of anilines is 1. The van der Waals surface area contributed by atoms with E-state index in [1.54, 1.807) is 6.92 Å². The predicted octanol–water partition coefficient (Wildman–Crippen LogP) is 0.989. The van der Waals surface area contributed by atoms with Gasteiger partial charge in [0.25, 0.3) is 10.0 Å². The Morgan fingerprint density at radius 1 is 1.52 bits per heavy atom. The Balaban J connectivity index is 3.08. The van der Waals surface area contributed by atoms with E-state index >= 15 is 0 Å². The molecule has 1 aromatic heterocycles. The molecular formula is C10H18N4O5S2. The highest BCUT2D eigenvalue weighted by Crippen LogP contribution is 2.37. The number of hydrogen-bond donors (Lipinski definition) is 2. The number of thiophene rings is 1. The molecule has 0 unspecified atom stereocenters. The Morgan fingerprint density at radius 3 is 2.62 bits per heavy atom. The van der Waals surface area contributed by atoms with E-state index in [1.165, 1.54) is 4.31 Å². The molecule has 0 saturated carbocycles. The van der Waals surface area contributed by atoms with Gasteiger partial charge in [0.2, 0.25) is 0 Å². The number of nitrogens with two attached hydrogens (primary N) is 1. The van der Waals surface area contributed by atoms with Crippen molar-refractivity contribution < 1.29 is 18.1 Å². The van der Waals surface area contributed by atoms with E-state index in [0.29, 0.717) is 6.61 Å². The van der Waals surface area contributed by atoms with E-state index in [-0.39, 0.29) is 34.6 Å². The first-order chi connectivity index (χ1) is 9.88. The molecule has 11 heteroatoms. The summed E-state index contributed by atoms with van der Waals surface area (Å²) in [5.41, 5.74) is 1.79. The van der Waals surface area contributed by atoms with E-state index in [4.69, 9.17) is 10.6 Å². The minimum Gasteiger partial charge on any atom is -0.380 e. The molecule has 21 heavy (non-hydrogen) atoms. The fourth-order valence-corrected chi connectivity index (χ4v) is 4.44. The number of hydrogen-bond acceptors (Lipinski definition) is 8. The zero-order valence-corrected chi connectivity index (χ0v) is 13.4. The smallest absolute Gasteiger partial charge is 0.306 e. The lowest BCUT2D eigenvalue weighted by atomic mass is 10.5. The number of ether oxygens (including phenoxy) is 1. The molecule has 9 nitrogen and oxygen atoms in total. The van der Waals surface area contributed by atoms with Crippen LogP contribution in [0.2, 0.25) is 0 Å². The van der Waals surface area contributed by atoms with E-state index < -0.39 is 14.9 Å². The van der Waals surface area contributed by atoms with Crippen molar-refractivity contribution in [3.63, 3.8) is 0 Å². The number of nitrogens with zero attached hydrogens (tertiary/aromatic N) is 2. The molecule has 1 aromatic rings. The molecule has 0 aliphatic carbocycles. The molecule has 3 N–H and O–H groups in total. The quantitative estimate of drug-likeness (QED) is 0.297. The SMILES string of the molecule is CCOCCN(CC)S(=O)(=O)c1cc([N+](=O)[O-])c(NN)s1. The fourth-order valence-electron chi connectivity index (χ4n) is 1.61. The van der Waals surface area contributed by atoms with Crippen LogP contribution >= 0.6 is 11.3 Å². The standard InChI is InChI=1S/C10H18N4O5S2/c1-3-13(5-6-19-4-2)21(17,18)9-7-8(14(15)16)10(12-11)20-9/h7,12H,3-6,11H2,1-2H3. The maximum absolute atomic E-state index is 12.5. The summed E-state index contributed by atoms with van der Waals surface area (Å²) in [6, 6.07) is 1.01. The molecule has 0 amide bonds. The number of nitrogens with one attached hydrogen (secondary N) is 1. The summed E-state index contributed by atoms with van der Waals surface area (Å²) in [4.78, 5) is 10.2. The molecule has 1 heterocycles. The van der Waals surface area contributed by atoms with E-state index in [1.807, 2.05) is 6.92 Å². The number of nitrogen functional groups attached to an aromatic ring is 1. The molecule has 0 spiro atoms. The molecule has 0 fully saturated rings. The first kappa shape index (κ1) is 17.8. The molecule has 0 aliphatic heterocycles. The van der Waals surface area contributed by atoms with Crippen LogP contribution in [0, 0.1) is 10.1 Å². The van der Waals surface area contributed by atoms with Crippen LogP contribution in [0.5, 0.6) is 0 Å². The number of nitro groups is 1. The molecule has 0 atom stereocenters. The van der Waals surface area contributed by atoms with Crippen LogP contribution in [0.15, 0.2) is 10.3 Å². The molecular weight excluding hydrogens is 320 g/mol. The molecule has 1 rings (SSSR count). The lowest BCUT2D eigenvalue weighted by molar-refractivity contribution is -0.383. The number of sulfonamides is 1. The van der Waals surface area contributed by atoms with Crippen LogP contribution < -0.4 is 11.3 Å². The van der Waals surface area contributed by atoms with Gasteiger partial charge in [-0.1, -0.05) is 18.3 Å². The molecule has 0 aliphatic rings. The van der Waals surface area contributed by atoms with Gasteiger partial charge in [0.05, 0.1) is 11.5 Å². The molecule has 0 saturated heterocycles. The predicted molar refractivity (Wildman–Crippen MR) is 79.7 cm³/mol. The third-order valence-corrected chi connectivity index (χ3v) is 6.13. The van der Waals surface area contributed by atoms with Gasteiger partial charge >= 0.3 is 5.69 Å². The van der Waals surface area contributed by atoms with Gasteiger partial charge in [0, 0.05) is 25.8 Å². The Kier molecular flexibility index (Phi) is 6.48. The molecule has 0 aromatic carbocycles. The summed E-state index contributed by atoms with van der Waals surface area (Å²) in [6.07, 6.45) is 0. The molecule has 0 bridgehead atoms. The fraction of sp³-hybridized carbons (Fsp3) is 0.600. The number of rotatable bonds is 9. The van der Waals surface area contributed by atoms with Gasteiger partial charge in [-0.25, -0.2) is 14.3 Å². The van der Waals surface area contributed by atoms with Crippen molar-refractivity contribution in [1.82, 2.24) is 4.31 Å². The Hall–Kier alpha value is -1.27. The van der Waals surface area contributed by atoms with Gasteiger partial charge in [0.15, 0.2) is 5.00 Å². The first-order valence-corrected chi connectivity index (χ1v) is 8.46. The summed E-state index contributed by atoms with van der Waals surface area (Å²) < 4.78 is 31.1. The van der Waals surface area contributed by atoms with Gasteiger partial charge in [-0.2, -0.15) is 4.31 Å². The highest BCUT2D eigenvalue weighted by Gasteiger charge is 2.30. The third kappa shape index (κ3) is 4.11. The second-order valence-electron chi connectivity index (χ2n) is 3.87. The zero-order valence-electron chi connectivity index (χ0n) is 11.7. The van der Waals surface area contributed by atoms with Crippen LogP contribution in [0.1, 0.15) is 13.8 Å². The second kappa shape index (κ2) is 7.66. The van der Waals surface area contributed by atoms with Gasteiger partial charge in [-0.3, -0.25) is 10.1 Å². The first-order valence-electron chi connectivity index (χ1n) is 6.21. The maximum Gasteiger partial charge on any atom is 0.306 e. The van der Waals surface area contributed by atoms with Crippen molar-refractivity contribution >= 4 is 32.0 Å². The van der Waals surface area contributed by atoms with Crippen LogP contribution in [0.4, 0.5) is 10.7 Å². The summed E-state index contributed by atoms with van der Waals surface area (Å²) in [5, 5.41) is 10.9. The number of hydrazine groups is 1. The van der Waals surface area contributed by atoms with Crippen LogP contribution in [0.3, 0.4) is 0 Å². The van der Waals surface area contributed by atoms with E-state index in [9.17, 15) is 18.5 Å². The Bertz CT molecular complexity index is 586. The van der Waals surface area contributed by atoms with Gasteiger partial charge in [-0.05, 0) is 6.92 Å². The summed E-state index contributed by atoms with van der Waals surface area (Å²) in [5.74, 6) is 5.18. The second-order valence-corrected chi connectivity index (χ2v) is 7.09. The molecule has 0 radical (unpaired) electrons. The van der Waals surface area contributed by atoms with Gasteiger partial charge < -0.3 is 10.2 Å². The van der Waals surface area contributed by atoms with Crippen molar-refractivity contribution in [3.05, 3.63) is 16.2 Å². The molecule has 120 valence electrons. The number of likely N-dealkylation sites (N-methyl/N-ethyl adjacent to an activating group) is 1.